The second kappa shape index (κ2) is 7.57. The van der Waals surface area contributed by atoms with Crippen molar-refractivity contribution in [3.05, 3.63) is 66.2 Å². The van der Waals surface area contributed by atoms with Gasteiger partial charge >= 0.3 is 0 Å². The van der Waals surface area contributed by atoms with Gasteiger partial charge in [0.05, 0.1) is 5.71 Å². The number of carbonyl (C=O) groups excluding carboxylic acids is 1. The van der Waals surface area contributed by atoms with E-state index in [2.05, 4.69) is 10.5 Å². The largest absolute Gasteiger partial charge is 0.508 e. The van der Waals surface area contributed by atoms with E-state index < -0.39 is 5.91 Å². The summed E-state index contributed by atoms with van der Waals surface area (Å²) < 4.78 is 5.49. The molecule has 0 radical (unpaired) electrons. The second-order valence-corrected chi connectivity index (χ2v) is 5.73. The number of nitrogens with zero attached hydrogens (tertiary/aromatic N) is 1. The van der Waals surface area contributed by atoms with Crippen molar-refractivity contribution in [2.24, 2.45) is 5.10 Å². The van der Waals surface area contributed by atoms with Crippen molar-refractivity contribution >= 4 is 22.4 Å². The number of aromatic hydroxyl groups is 2. The van der Waals surface area contributed by atoms with Gasteiger partial charge in [0, 0.05) is 11.6 Å². The van der Waals surface area contributed by atoms with Crippen LogP contribution in [0.15, 0.2) is 65.8 Å². The van der Waals surface area contributed by atoms with Crippen LogP contribution in [-0.2, 0) is 4.79 Å². The van der Waals surface area contributed by atoms with Gasteiger partial charge in [-0.2, -0.15) is 5.10 Å². The molecule has 6 heteroatoms. The molecule has 0 unspecified atom stereocenters. The van der Waals surface area contributed by atoms with Crippen LogP contribution in [0.3, 0.4) is 0 Å². The average Bonchev–Trinajstić information content (AvgIpc) is 2.64. The summed E-state index contributed by atoms with van der Waals surface area (Å²) in [5, 5.41) is 25.2. The van der Waals surface area contributed by atoms with Gasteiger partial charge in [-0.15, -0.1) is 0 Å². The van der Waals surface area contributed by atoms with Gasteiger partial charge in [0.2, 0.25) is 0 Å². The van der Waals surface area contributed by atoms with Crippen molar-refractivity contribution in [1.82, 2.24) is 5.43 Å². The maximum Gasteiger partial charge on any atom is 0.277 e. The Hall–Kier alpha value is -3.54. The number of nitrogens with one attached hydrogen (secondary N) is 1. The van der Waals surface area contributed by atoms with Gasteiger partial charge in [-0.1, -0.05) is 30.3 Å². The minimum absolute atomic E-state index is 0.0492. The van der Waals surface area contributed by atoms with E-state index in [0.29, 0.717) is 17.0 Å². The zero-order valence-electron chi connectivity index (χ0n) is 14.1. The van der Waals surface area contributed by atoms with E-state index in [-0.39, 0.29) is 18.1 Å². The zero-order chi connectivity index (χ0) is 18.5. The maximum atomic E-state index is 11.9. The van der Waals surface area contributed by atoms with Gasteiger partial charge < -0.3 is 14.9 Å². The van der Waals surface area contributed by atoms with E-state index in [1.807, 2.05) is 36.4 Å². The first-order valence-electron chi connectivity index (χ1n) is 8.00. The highest BCUT2D eigenvalue weighted by molar-refractivity contribution is 6.01. The number of phenols is 2. The van der Waals surface area contributed by atoms with Crippen LogP contribution in [0.25, 0.3) is 10.8 Å². The Balaban J connectivity index is 1.59. The molecule has 0 aliphatic rings. The molecule has 3 N–H and O–H groups in total. The van der Waals surface area contributed by atoms with Gasteiger partial charge in [-0.3, -0.25) is 4.79 Å². The Bertz CT molecular complexity index is 982. The molecule has 3 aromatic rings. The summed E-state index contributed by atoms with van der Waals surface area (Å²) in [6.07, 6.45) is 0. The molecule has 1 amide bonds. The highest BCUT2D eigenvalue weighted by Gasteiger charge is 2.07. The Morgan fingerprint density at radius 1 is 1.04 bits per heavy atom. The molecule has 0 saturated carbocycles. The smallest absolute Gasteiger partial charge is 0.277 e. The lowest BCUT2D eigenvalue weighted by molar-refractivity contribution is -0.123. The summed E-state index contributed by atoms with van der Waals surface area (Å²) >= 11 is 0. The van der Waals surface area contributed by atoms with E-state index in [1.54, 1.807) is 13.0 Å². The topological polar surface area (TPSA) is 91.2 Å². The molecular formula is C20H18N2O4. The van der Waals surface area contributed by atoms with Crippen molar-refractivity contribution in [1.29, 1.82) is 0 Å². The number of hydrogen-bond donors (Lipinski definition) is 3. The van der Waals surface area contributed by atoms with Crippen LogP contribution < -0.4 is 10.2 Å². The SMILES string of the molecule is C/C(=N\NC(=O)COc1ccc2ccccc2c1)c1ccc(O)cc1O. The van der Waals surface area contributed by atoms with Crippen LogP contribution in [0, 0.1) is 0 Å². The fourth-order valence-electron chi connectivity index (χ4n) is 2.47. The molecular weight excluding hydrogens is 332 g/mol. The third-order valence-electron chi connectivity index (χ3n) is 3.81. The highest BCUT2D eigenvalue weighted by atomic mass is 16.5. The number of hydrazone groups is 1. The minimum atomic E-state index is -0.421. The molecule has 0 fully saturated rings. The predicted octanol–water partition coefficient (Wildman–Crippen LogP) is 3.17. The van der Waals surface area contributed by atoms with Crippen molar-refractivity contribution in [3.63, 3.8) is 0 Å². The van der Waals surface area contributed by atoms with Crippen LogP contribution in [0.2, 0.25) is 0 Å². The van der Waals surface area contributed by atoms with Crippen LogP contribution in [0.5, 0.6) is 17.2 Å². The summed E-state index contributed by atoms with van der Waals surface area (Å²) in [5.74, 6) is 0.00582. The van der Waals surface area contributed by atoms with Gasteiger partial charge in [-0.25, -0.2) is 5.43 Å². The molecule has 132 valence electrons. The first kappa shape index (κ1) is 17.3. The number of carbonyl (C=O) groups is 1. The Morgan fingerprint density at radius 3 is 2.58 bits per heavy atom. The number of ether oxygens (including phenoxy) is 1. The lowest BCUT2D eigenvalue weighted by Gasteiger charge is -2.08. The molecule has 3 rings (SSSR count). The Morgan fingerprint density at radius 2 is 1.81 bits per heavy atom. The fraction of sp³-hybridized carbons (Fsp3) is 0.100. The van der Waals surface area contributed by atoms with Crippen molar-refractivity contribution in [2.75, 3.05) is 6.61 Å². The van der Waals surface area contributed by atoms with E-state index in [1.165, 1.54) is 18.2 Å². The average molecular weight is 350 g/mol. The quantitative estimate of drug-likeness (QED) is 0.487. The molecule has 3 aromatic carbocycles. The van der Waals surface area contributed by atoms with Gasteiger partial charge in [0.25, 0.3) is 5.91 Å². The minimum Gasteiger partial charge on any atom is -0.508 e. The van der Waals surface area contributed by atoms with Crippen LogP contribution in [-0.4, -0.2) is 28.4 Å². The highest BCUT2D eigenvalue weighted by Crippen LogP contribution is 2.23. The molecule has 0 saturated heterocycles. The van der Waals surface area contributed by atoms with E-state index in [9.17, 15) is 15.0 Å². The lowest BCUT2D eigenvalue weighted by atomic mass is 10.1. The number of benzene rings is 3. The number of phenolic OH excluding ortho intramolecular Hbond substituents is 2. The van der Waals surface area contributed by atoms with E-state index in [4.69, 9.17) is 4.74 Å². The van der Waals surface area contributed by atoms with Crippen molar-refractivity contribution < 1.29 is 19.7 Å². The molecule has 0 spiro atoms. The van der Waals surface area contributed by atoms with Gasteiger partial charge in [-0.05, 0) is 42.0 Å². The maximum absolute atomic E-state index is 11.9. The summed E-state index contributed by atoms with van der Waals surface area (Å²) in [6.45, 7) is 1.45. The molecule has 6 nitrogen and oxygen atoms in total. The third kappa shape index (κ3) is 4.10. The van der Waals surface area contributed by atoms with Crippen LogP contribution in [0.4, 0.5) is 0 Å². The van der Waals surface area contributed by atoms with E-state index in [0.717, 1.165) is 10.8 Å². The Kier molecular flexibility index (Phi) is 5.03. The van der Waals surface area contributed by atoms with Gasteiger partial charge in [0.15, 0.2) is 6.61 Å². The molecule has 0 atom stereocenters. The van der Waals surface area contributed by atoms with Crippen molar-refractivity contribution in [3.8, 4) is 17.2 Å². The van der Waals surface area contributed by atoms with Gasteiger partial charge in [0.1, 0.15) is 17.2 Å². The monoisotopic (exact) mass is 350 g/mol. The summed E-state index contributed by atoms with van der Waals surface area (Å²) in [5.41, 5.74) is 3.20. The predicted molar refractivity (Wildman–Crippen MR) is 99.6 cm³/mol. The molecule has 26 heavy (non-hydrogen) atoms. The first-order valence-corrected chi connectivity index (χ1v) is 8.00. The Labute approximate surface area is 150 Å². The normalized spacial score (nSPS) is 11.3. The van der Waals surface area contributed by atoms with Crippen molar-refractivity contribution in [2.45, 2.75) is 6.92 Å². The number of fused-ring (bicyclic) bond motifs is 1. The number of hydrogen-bond acceptors (Lipinski definition) is 5. The molecule has 0 aromatic heterocycles. The standard InChI is InChI=1S/C20H18N2O4/c1-13(18-9-7-16(23)11-19(18)24)21-22-20(25)12-26-17-8-6-14-4-2-3-5-15(14)10-17/h2-11,23-24H,12H2,1H3,(H,22,25)/b21-13+. The van der Waals surface area contributed by atoms with Crippen LogP contribution >= 0.6 is 0 Å². The molecule has 0 heterocycles. The summed E-state index contributed by atoms with van der Waals surface area (Å²) in [6, 6.07) is 17.6. The van der Waals surface area contributed by atoms with Crippen LogP contribution in [0.1, 0.15) is 12.5 Å². The molecule has 0 aliphatic carbocycles. The first-order chi connectivity index (χ1) is 12.5. The second-order valence-electron chi connectivity index (χ2n) is 5.73. The number of amides is 1. The fourth-order valence-corrected chi connectivity index (χ4v) is 2.47. The zero-order valence-corrected chi connectivity index (χ0v) is 14.1. The third-order valence-corrected chi connectivity index (χ3v) is 3.81. The molecule has 0 bridgehead atoms. The number of rotatable bonds is 5. The lowest BCUT2D eigenvalue weighted by Crippen LogP contribution is -2.25. The van der Waals surface area contributed by atoms with E-state index >= 15 is 0 Å². The molecule has 0 aliphatic heterocycles. The summed E-state index contributed by atoms with van der Waals surface area (Å²) in [7, 11) is 0. The summed E-state index contributed by atoms with van der Waals surface area (Å²) in [4.78, 5) is 11.9.